The molecule has 0 aliphatic heterocycles. The van der Waals surface area contributed by atoms with Crippen LogP contribution in [0.5, 0.6) is 5.75 Å². The van der Waals surface area contributed by atoms with E-state index in [-0.39, 0.29) is 0 Å². The average Bonchev–Trinajstić information content (AvgIpc) is 3.01. The number of rotatable bonds is 8. The normalized spacial score (nSPS) is 11.1. The number of aromatic nitrogens is 3. The minimum Gasteiger partial charge on any atom is -0.494 e. The molecule has 1 N–H and O–H groups in total. The largest absolute Gasteiger partial charge is 0.494 e. The Bertz CT molecular complexity index is 898. The van der Waals surface area contributed by atoms with Crippen LogP contribution in [0.15, 0.2) is 59.7 Å². The molecule has 2 aromatic carbocycles. The number of nitrogens with zero attached hydrogens (tertiary/aromatic N) is 3. The van der Waals surface area contributed by atoms with Crippen LogP contribution in [-0.2, 0) is 6.42 Å². The van der Waals surface area contributed by atoms with Crippen molar-refractivity contribution >= 4 is 18.4 Å². The lowest BCUT2D eigenvalue weighted by Crippen LogP contribution is -2.00. The van der Waals surface area contributed by atoms with Crippen molar-refractivity contribution in [1.29, 1.82) is 0 Å². The van der Waals surface area contributed by atoms with Crippen LogP contribution in [0.1, 0.15) is 36.7 Å². The topological polar surface area (TPSA) is 55.2 Å². The van der Waals surface area contributed by atoms with Crippen molar-refractivity contribution in [2.75, 3.05) is 6.61 Å². The molecule has 0 saturated heterocycles. The summed E-state index contributed by atoms with van der Waals surface area (Å²) in [5, 5.41) is 11.6. The third kappa shape index (κ3) is 4.89. The summed E-state index contributed by atoms with van der Waals surface area (Å²) >= 11 is 5.30. The minimum absolute atomic E-state index is 0.478. The number of aromatic amines is 1. The molecule has 0 bridgehead atoms. The van der Waals surface area contributed by atoms with Crippen LogP contribution in [-0.4, -0.2) is 27.7 Å². The van der Waals surface area contributed by atoms with Gasteiger partial charge in [0.15, 0.2) is 5.82 Å². The van der Waals surface area contributed by atoms with Crippen LogP contribution >= 0.6 is 12.2 Å². The Morgan fingerprint density at radius 1 is 1.15 bits per heavy atom. The molecule has 1 aromatic heterocycles. The molecule has 1 heterocycles. The Kier molecular flexibility index (Phi) is 6.33. The first kappa shape index (κ1) is 18.1. The third-order valence-corrected chi connectivity index (χ3v) is 4.16. The number of H-pyrrole nitrogens is 1. The monoisotopic (exact) mass is 366 g/mol. The summed E-state index contributed by atoms with van der Waals surface area (Å²) in [7, 11) is 0. The zero-order valence-electron chi connectivity index (χ0n) is 14.8. The first-order valence-electron chi connectivity index (χ1n) is 8.73. The van der Waals surface area contributed by atoms with E-state index in [2.05, 4.69) is 34.4 Å². The predicted molar refractivity (Wildman–Crippen MR) is 106 cm³/mol. The molecule has 0 spiro atoms. The Hall–Kier alpha value is -2.73. The Morgan fingerprint density at radius 2 is 1.92 bits per heavy atom. The zero-order chi connectivity index (χ0) is 18.2. The van der Waals surface area contributed by atoms with Gasteiger partial charge in [-0.15, -0.1) is 0 Å². The molecule has 0 amide bonds. The van der Waals surface area contributed by atoms with Gasteiger partial charge in [-0.25, -0.2) is 0 Å². The minimum atomic E-state index is 0.478. The second-order valence-corrected chi connectivity index (χ2v) is 6.32. The molecular formula is C20H22N4OS. The average molecular weight is 366 g/mol. The van der Waals surface area contributed by atoms with Crippen molar-refractivity contribution in [2.45, 2.75) is 26.2 Å². The van der Waals surface area contributed by atoms with Crippen molar-refractivity contribution in [3.8, 4) is 5.75 Å². The number of hydrogen-bond donors (Lipinski definition) is 1. The molecule has 3 rings (SSSR count). The highest BCUT2D eigenvalue weighted by Gasteiger charge is 2.06. The molecular weight excluding hydrogens is 344 g/mol. The second kappa shape index (κ2) is 9.10. The van der Waals surface area contributed by atoms with E-state index in [1.54, 1.807) is 10.9 Å². The zero-order valence-corrected chi connectivity index (χ0v) is 15.6. The van der Waals surface area contributed by atoms with Gasteiger partial charge in [0, 0.05) is 6.42 Å². The molecule has 5 nitrogen and oxygen atoms in total. The summed E-state index contributed by atoms with van der Waals surface area (Å²) < 4.78 is 7.81. The van der Waals surface area contributed by atoms with E-state index < -0.39 is 0 Å². The summed E-state index contributed by atoms with van der Waals surface area (Å²) in [5.41, 5.74) is 2.13. The van der Waals surface area contributed by atoms with Gasteiger partial charge in [0.2, 0.25) is 4.77 Å². The van der Waals surface area contributed by atoms with Gasteiger partial charge < -0.3 is 4.74 Å². The molecule has 0 saturated carbocycles. The third-order valence-electron chi connectivity index (χ3n) is 3.89. The molecule has 0 radical (unpaired) electrons. The van der Waals surface area contributed by atoms with Crippen molar-refractivity contribution in [2.24, 2.45) is 5.10 Å². The van der Waals surface area contributed by atoms with Gasteiger partial charge in [0.1, 0.15) is 5.75 Å². The molecule has 3 aromatic rings. The fourth-order valence-electron chi connectivity index (χ4n) is 2.45. The second-order valence-electron chi connectivity index (χ2n) is 5.93. The van der Waals surface area contributed by atoms with Crippen LogP contribution in [0.25, 0.3) is 0 Å². The molecule has 0 fully saturated rings. The molecule has 6 heteroatoms. The molecule has 0 aliphatic carbocycles. The predicted octanol–water partition coefficient (Wildman–Crippen LogP) is 4.59. The Morgan fingerprint density at radius 3 is 2.65 bits per heavy atom. The molecule has 26 heavy (non-hydrogen) atoms. The van der Waals surface area contributed by atoms with Gasteiger partial charge in [-0.1, -0.05) is 43.7 Å². The van der Waals surface area contributed by atoms with Crippen molar-refractivity contribution in [1.82, 2.24) is 14.9 Å². The van der Waals surface area contributed by atoms with Crippen LogP contribution in [0.4, 0.5) is 0 Å². The van der Waals surface area contributed by atoms with E-state index in [4.69, 9.17) is 17.0 Å². The lowest BCUT2D eigenvalue weighted by Gasteiger charge is -2.05. The maximum Gasteiger partial charge on any atom is 0.216 e. The highest BCUT2D eigenvalue weighted by molar-refractivity contribution is 7.71. The number of ether oxygens (including phenoxy) is 1. The van der Waals surface area contributed by atoms with E-state index in [9.17, 15) is 0 Å². The van der Waals surface area contributed by atoms with Gasteiger partial charge in [0.05, 0.1) is 12.8 Å². The van der Waals surface area contributed by atoms with E-state index in [1.165, 1.54) is 0 Å². The number of unbranched alkanes of at least 4 members (excludes halogenated alkanes) is 1. The van der Waals surface area contributed by atoms with Crippen LogP contribution in [0.2, 0.25) is 0 Å². The van der Waals surface area contributed by atoms with E-state index in [1.807, 2.05) is 42.5 Å². The number of nitrogens with one attached hydrogen (secondary N) is 1. The summed E-state index contributed by atoms with van der Waals surface area (Å²) in [4.78, 5) is 0. The highest BCUT2D eigenvalue weighted by Crippen LogP contribution is 2.12. The summed E-state index contributed by atoms with van der Waals surface area (Å²) in [6.45, 7) is 2.90. The molecule has 134 valence electrons. The van der Waals surface area contributed by atoms with Gasteiger partial charge in [-0.05, 0) is 54.0 Å². The summed E-state index contributed by atoms with van der Waals surface area (Å²) in [5.74, 6) is 1.65. The number of benzene rings is 2. The lowest BCUT2D eigenvalue weighted by atomic mass is 10.1. The van der Waals surface area contributed by atoms with Crippen LogP contribution in [0, 0.1) is 4.77 Å². The lowest BCUT2D eigenvalue weighted by molar-refractivity contribution is 0.309. The first-order chi connectivity index (χ1) is 12.8. The van der Waals surface area contributed by atoms with Gasteiger partial charge >= 0.3 is 0 Å². The van der Waals surface area contributed by atoms with Crippen molar-refractivity contribution in [3.05, 3.63) is 76.3 Å². The standard InChI is InChI=1S/C20H22N4OS/c1-2-3-13-25-18-11-9-17(10-12-18)15-21-24-19(22-23-20(24)26)14-16-7-5-4-6-8-16/h4-12,15H,2-3,13-14H2,1H3,(H,23,26)/b21-15-. The maximum absolute atomic E-state index is 5.68. The highest BCUT2D eigenvalue weighted by atomic mass is 32.1. The fraction of sp³-hybridized carbons (Fsp3) is 0.250. The maximum atomic E-state index is 5.68. The number of hydrogen-bond acceptors (Lipinski definition) is 4. The molecule has 0 aliphatic rings. The van der Waals surface area contributed by atoms with E-state index >= 15 is 0 Å². The summed E-state index contributed by atoms with van der Waals surface area (Å²) in [6.07, 6.45) is 4.62. The fourth-order valence-corrected chi connectivity index (χ4v) is 2.64. The Balaban J connectivity index is 1.70. The smallest absolute Gasteiger partial charge is 0.216 e. The van der Waals surface area contributed by atoms with Gasteiger partial charge in [-0.3, -0.25) is 5.10 Å². The van der Waals surface area contributed by atoms with Crippen molar-refractivity contribution < 1.29 is 4.74 Å². The van der Waals surface area contributed by atoms with E-state index in [0.717, 1.165) is 42.1 Å². The van der Waals surface area contributed by atoms with Crippen molar-refractivity contribution in [3.63, 3.8) is 0 Å². The quantitative estimate of drug-likeness (QED) is 0.360. The molecule has 0 unspecified atom stereocenters. The SMILES string of the molecule is CCCCOc1ccc(/C=N\n2c(Cc3ccccc3)n[nH]c2=S)cc1. The van der Waals surface area contributed by atoms with Crippen LogP contribution < -0.4 is 4.74 Å². The Labute approximate surface area is 158 Å². The van der Waals surface area contributed by atoms with Gasteiger partial charge in [0.25, 0.3) is 0 Å². The summed E-state index contributed by atoms with van der Waals surface area (Å²) in [6, 6.07) is 18.0. The first-order valence-corrected chi connectivity index (χ1v) is 9.14. The molecule has 0 atom stereocenters. The van der Waals surface area contributed by atoms with E-state index in [0.29, 0.717) is 11.2 Å². The van der Waals surface area contributed by atoms with Gasteiger partial charge in [-0.2, -0.15) is 14.9 Å². The van der Waals surface area contributed by atoms with Crippen LogP contribution in [0.3, 0.4) is 0 Å².